The van der Waals surface area contributed by atoms with Crippen molar-refractivity contribution in [3.63, 3.8) is 0 Å². The monoisotopic (exact) mass is 380 g/mol. The van der Waals surface area contributed by atoms with Crippen molar-refractivity contribution in [2.24, 2.45) is 0 Å². The molecule has 0 aliphatic carbocycles. The normalized spacial score (nSPS) is 11.6. The minimum atomic E-state index is 0.216. The maximum Gasteiger partial charge on any atom is 0.273 e. The molecule has 0 fully saturated rings. The van der Waals surface area contributed by atoms with E-state index in [0.717, 1.165) is 16.5 Å². The molecule has 5 rings (SSSR count). The number of fused-ring (bicyclic) bond motifs is 4. The van der Waals surface area contributed by atoms with E-state index in [4.69, 9.17) is 16.3 Å². The fraction of sp³-hybridized carbons (Fsp3) is 0.111. The highest BCUT2D eigenvalue weighted by Gasteiger charge is 2.17. The maximum atomic E-state index is 9.44. The number of methoxy groups -OCH3 is 1. The summed E-state index contributed by atoms with van der Waals surface area (Å²) in [6.45, 7) is 0. The summed E-state index contributed by atoms with van der Waals surface area (Å²) in [6, 6.07) is 10.6. The fourth-order valence-electron chi connectivity index (χ4n) is 3.12. The standard InChI is InChI=1S/C18H13ClN6O2/c1-27-12-7-6-11-14(15(12)19)16-17(20-11)21-18-23-22-13(25(18)24-16)8-9-2-4-10(26)5-3-9/h2-7,26H,8H2,1H3,(H,20,21,23). The molecule has 2 N–H and O–H groups in total. The quantitative estimate of drug-likeness (QED) is 0.498. The van der Waals surface area contributed by atoms with Crippen molar-refractivity contribution in [1.82, 2.24) is 29.8 Å². The highest BCUT2D eigenvalue weighted by atomic mass is 35.5. The van der Waals surface area contributed by atoms with Gasteiger partial charge in [0.25, 0.3) is 5.78 Å². The molecule has 0 saturated carbocycles. The lowest BCUT2D eigenvalue weighted by molar-refractivity contribution is 0.415. The summed E-state index contributed by atoms with van der Waals surface area (Å²) in [5, 5.41) is 23.7. The van der Waals surface area contributed by atoms with Gasteiger partial charge in [0, 0.05) is 6.42 Å². The Morgan fingerprint density at radius 2 is 1.96 bits per heavy atom. The number of hydrogen-bond acceptors (Lipinski definition) is 6. The number of halogens is 1. The molecule has 2 aromatic carbocycles. The summed E-state index contributed by atoms with van der Waals surface area (Å²) >= 11 is 6.49. The zero-order chi connectivity index (χ0) is 18.5. The van der Waals surface area contributed by atoms with Crippen molar-refractivity contribution in [1.29, 1.82) is 0 Å². The number of nitrogens with zero attached hydrogens (tertiary/aromatic N) is 5. The molecule has 27 heavy (non-hydrogen) atoms. The average molecular weight is 381 g/mol. The molecule has 0 amide bonds. The predicted molar refractivity (Wildman–Crippen MR) is 100 cm³/mol. The van der Waals surface area contributed by atoms with Gasteiger partial charge in [-0.25, -0.2) is 0 Å². The van der Waals surface area contributed by atoms with Gasteiger partial charge in [-0.05, 0) is 29.8 Å². The lowest BCUT2D eigenvalue weighted by atomic mass is 10.1. The van der Waals surface area contributed by atoms with Crippen LogP contribution >= 0.6 is 11.6 Å². The van der Waals surface area contributed by atoms with E-state index in [1.807, 2.05) is 18.2 Å². The summed E-state index contributed by atoms with van der Waals surface area (Å²) in [6.07, 6.45) is 0.501. The van der Waals surface area contributed by atoms with E-state index in [2.05, 4.69) is 25.3 Å². The molecular weight excluding hydrogens is 368 g/mol. The van der Waals surface area contributed by atoms with Crippen LogP contribution in [0.5, 0.6) is 11.5 Å². The van der Waals surface area contributed by atoms with Gasteiger partial charge in [0.15, 0.2) is 11.5 Å². The molecule has 3 heterocycles. The number of aromatic amines is 1. The van der Waals surface area contributed by atoms with Gasteiger partial charge < -0.3 is 14.8 Å². The Kier molecular flexibility index (Phi) is 3.41. The van der Waals surface area contributed by atoms with Crippen LogP contribution in [0.3, 0.4) is 0 Å². The number of aromatic nitrogens is 6. The number of H-pyrrole nitrogens is 1. The third-order valence-electron chi connectivity index (χ3n) is 4.44. The first-order chi connectivity index (χ1) is 13.1. The molecule has 9 heteroatoms. The van der Waals surface area contributed by atoms with Crippen molar-refractivity contribution in [2.45, 2.75) is 6.42 Å². The molecule has 0 bridgehead atoms. The van der Waals surface area contributed by atoms with Gasteiger partial charge in [0.2, 0.25) is 0 Å². The molecular formula is C18H13ClN6O2. The Hall–Kier alpha value is -3.39. The fourth-order valence-corrected chi connectivity index (χ4v) is 3.45. The van der Waals surface area contributed by atoms with Crippen molar-refractivity contribution in [3.05, 3.63) is 52.8 Å². The van der Waals surface area contributed by atoms with E-state index in [0.29, 0.717) is 40.0 Å². The number of phenolic OH excluding ortho intramolecular Hbond substituents is 1. The van der Waals surface area contributed by atoms with Crippen LogP contribution in [0.1, 0.15) is 11.4 Å². The Morgan fingerprint density at radius 3 is 2.74 bits per heavy atom. The molecule has 8 nitrogen and oxygen atoms in total. The van der Waals surface area contributed by atoms with Crippen LogP contribution in [-0.4, -0.2) is 42.0 Å². The summed E-state index contributed by atoms with van der Waals surface area (Å²) in [5.74, 6) is 1.82. The molecule has 134 valence electrons. The Morgan fingerprint density at radius 1 is 1.15 bits per heavy atom. The van der Waals surface area contributed by atoms with Crippen LogP contribution in [0.2, 0.25) is 5.02 Å². The van der Waals surface area contributed by atoms with E-state index in [-0.39, 0.29) is 5.75 Å². The number of phenols is 1. The van der Waals surface area contributed by atoms with Crippen molar-refractivity contribution in [3.8, 4) is 11.5 Å². The number of benzene rings is 2. The van der Waals surface area contributed by atoms with Gasteiger partial charge in [-0.15, -0.1) is 10.2 Å². The van der Waals surface area contributed by atoms with Crippen molar-refractivity contribution in [2.75, 3.05) is 7.11 Å². The minimum absolute atomic E-state index is 0.216. The molecule has 0 unspecified atom stereocenters. The SMILES string of the molecule is COc1ccc2[nH]c3nc4nnc(Cc5ccc(O)cc5)n4nc3c2c1Cl. The first-order valence-corrected chi connectivity index (χ1v) is 8.56. The van der Waals surface area contributed by atoms with Gasteiger partial charge in [0.05, 0.1) is 23.0 Å². The molecule has 0 spiro atoms. The van der Waals surface area contributed by atoms with Gasteiger partial charge in [0.1, 0.15) is 17.0 Å². The summed E-state index contributed by atoms with van der Waals surface area (Å²) in [5.41, 5.74) is 2.99. The second-order valence-electron chi connectivity index (χ2n) is 6.11. The van der Waals surface area contributed by atoms with Gasteiger partial charge >= 0.3 is 0 Å². The molecule has 0 radical (unpaired) electrons. The zero-order valence-corrected chi connectivity index (χ0v) is 14.9. The van der Waals surface area contributed by atoms with Crippen LogP contribution in [0, 0.1) is 0 Å². The predicted octanol–water partition coefficient (Wildman–Crippen LogP) is 3.11. The second kappa shape index (κ2) is 5.82. The minimum Gasteiger partial charge on any atom is -0.508 e. The maximum absolute atomic E-state index is 9.44. The lowest BCUT2D eigenvalue weighted by Gasteiger charge is -2.03. The van der Waals surface area contributed by atoms with E-state index in [1.54, 1.807) is 29.8 Å². The molecule has 3 aromatic heterocycles. The summed E-state index contributed by atoms with van der Waals surface area (Å²) in [7, 11) is 1.57. The third-order valence-corrected chi connectivity index (χ3v) is 4.82. The van der Waals surface area contributed by atoms with E-state index in [9.17, 15) is 5.11 Å². The number of ether oxygens (including phenoxy) is 1. The third kappa shape index (κ3) is 2.45. The number of aromatic hydroxyl groups is 1. The number of nitrogens with one attached hydrogen (secondary N) is 1. The van der Waals surface area contributed by atoms with E-state index < -0.39 is 0 Å². The summed E-state index contributed by atoms with van der Waals surface area (Å²) in [4.78, 5) is 7.72. The topological polar surface area (TPSA) is 101 Å². The molecule has 0 saturated heterocycles. The van der Waals surface area contributed by atoms with Gasteiger partial charge in [-0.3, -0.25) is 0 Å². The zero-order valence-electron chi connectivity index (χ0n) is 14.1. The van der Waals surface area contributed by atoms with Crippen LogP contribution < -0.4 is 4.74 Å². The highest BCUT2D eigenvalue weighted by molar-refractivity contribution is 6.39. The van der Waals surface area contributed by atoms with E-state index >= 15 is 0 Å². The molecule has 0 atom stereocenters. The molecule has 0 aliphatic heterocycles. The average Bonchev–Trinajstić information content (AvgIpc) is 3.23. The highest BCUT2D eigenvalue weighted by Crippen LogP contribution is 2.36. The summed E-state index contributed by atoms with van der Waals surface area (Å²) < 4.78 is 6.92. The first-order valence-electron chi connectivity index (χ1n) is 8.18. The van der Waals surface area contributed by atoms with Crippen LogP contribution in [0.25, 0.3) is 27.8 Å². The van der Waals surface area contributed by atoms with Crippen LogP contribution in [0.15, 0.2) is 36.4 Å². The lowest BCUT2D eigenvalue weighted by Crippen LogP contribution is -2.01. The Bertz CT molecular complexity index is 1310. The van der Waals surface area contributed by atoms with Crippen molar-refractivity contribution >= 4 is 39.4 Å². The van der Waals surface area contributed by atoms with Gasteiger partial charge in [-0.1, -0.05) is 23.7 Å². The van der Waals surface area contributed by atoms with Crippen molar-refractivity contribution < 1.29 is 9.84 Å². The molecule has 5 aromatic rings. The first kappa shape index (κ1) is 15.8. The molecule has 0 aliphatic rings. The van der Waals surface area contributed by atoms with E-state index in [1.165, 1.54) is 0 Å². The number of rotatable bonds is 3. The Balaban J connectivity index is 1.71. The second-order valence-corrected chi connectivity index (χ2v) is 6.49. The smallest absolute Gasteiger partial charge is 0.273 e. The van der Waals surface area contributed by atoms with Gasteiger partial charge in [-0.2, -0.15) is 14.6 Å². The Labute approximate surface area is 157 Å². The van der Waals surface area contributed by atoms with Crippen LogP contribution in [0.4, 0.5) is 0 Å². The number of hydrogen-bond donors (Lipinski definition) is 2. The van der Waals surface area contributed by atoms with Crippen LogP contribution in [-0.2, 0) is 6.42 Å². The largest absolute Gasteiger partial charge is 0.508 e.